The lowest BCUT2D eigenvalue weighted by Gasteiger charge is -2.15. The molecule has 0 atom stereocenters. The third kappa shape index (κ3) is 4.82. The molecule has 0 aliphatic rings. The van der Waals surface area contributed by atoms with Gasteiger partial charge in [0.1, 0.15) is 11.5 Å². The Morgan fingerprint density at radius 2 is 1.55 bits per heavy atom. The second-order valence-corrected chi connectivity index (χ2v) is 6.50. The van der Waals surface area contributed by atoms with Crippen molar-refractivity contribution < 1.29 is 28.5 Å². The number of hydrogen-bond donors (Lipinski definition) is 2. The second-order valence-electron chi connectivity index (χ2n) is 6.50. The van der Waals surface area contributed by atoms with Crippen LogP contribution in [0.25, 0.3) is 11.1 Å². The minimum absolute atomic E-state index is 0.174. The number of hydrogen-bond acceptors (Lipinski definition) is 7. The number of H-pyrrole nitrogens is 1. The summed E-state index contributed by atoms with van der Waals surface area (Å²) < 4.78 is 26.9. The number of aryl methyl sites for hydroxylation is 1. The van der Waals surface area contributed by atoms with Crippen molar-refractivity contribution in [3.05, 3.63) is 42.1 Å². The Morgan fingerprint density at radius 3 is 2.10 bits per heavy atom. The van der Waals surface area contributed by atoms with E-state index < -0.39 is 0 Å². The molecule has 164 valence electrons. The molecule has 2 aromatic carbocycles. The van der Waals surface area contributed by atoms with Gasteiger partial charge in [-0.15, -0.1) is 0 Å². The van der Waals surface area contributed by atoms with Crippen molar-refractivity contribution in [3.8, 4) is 39.9 Å². The van der Waals surface area contributed by atoms with Gasteiger partial charge in [-0.05, 0) is 48.9 Å². The quantitative estimate of drug-likeness (QED) is 0.539. The highest BCUT2D eigenvalue weighted by molar-refractivity contribution is 5.95. The maximum atomic E-state index is 12.5. The minimum atomic E-state index is -0.351. The zero-order valence-corrected chi connectivity index (χ0v) is 18.1. The van der Waals surface area contributed by atoms with Crippen molar-refractivity contribution >= 4 is 11.7 Å². The van der Waals surface area contributed by atoms with E-state index in [9.17, 15) is 4.79 Å². The van der Waals surface area contributed by atoms with Crippen molar-refractivity contribution in [3.63, 3.8) is 0 Å². The molecule has 1 amide bonds. The van der Waals surface area contributed by atoms with Crippen LogP contribution in [0.2, 0.25) is 0 Å². The van der Waals surface area contributed by atoms with Crippen molar-refractivity contribution in [2.75, 3.05) is 40.4 Å². The van der Waals surface area contributed by atoms with Crippen LogP contribution in [0.1, 0.15) is 5.69 Å². The molecular weight excluding hydrogens is 402 g/mol. The van der Waals surface area contributed by atoms with Crippen molar-refractivity contribution in [2.45, 2.75) is 6.92 Å². The van der Waals surface area contributed by atoms with Gasteiger partial charge in [-0.2, -0.15) is 5.10 Å². The fraction of sp³-hybridized carbons (Fsp3) is 0.273. The normalized spacial score (nSPS) is 10.4. The predicted octanol–water partition coefficient (Wildman–Crippen LogP) is 3.44. The van der Waals surface area contributed by atoms with Crippen LogP contribution in [-0.2, 0) is 4.79 Å². The van der Waals surface area contributed by atoms with E-state index in [2.05, 4.69) is 15.5 Å². The topological polar surface area (TPSA) is 104 Å². The molecule has 9 nitrogen and oxygen atoms in total. The molecule has 9 heteroatoms. The number of benzene rings is 2. The Kier molecular flexibility index (Phi) is 6.86. The summed E-state index contributed by atoms with van der Waals surface area (Å²) in [6.45, 7) is 1.68. The van der Waals surface area contributed by atoms with Gasteiger partial charge in [0.2, 0.25) is 5.75 Å². The van der Waals surface area contributed by atoms with Crippen molar-refractivity contribution in [1.29, 1.82) is 0 Å². The monoisotopic (exact) mass is 427 g/mol. The third-order valence-electron chi connectivity index (χ3n) is 4.59. The molecule has 2 N–H and O–H groups in total. The lowest BCUT2D eigenvalue weighted by Crippen LogP contribution is -2.20. The Morgan fingerprint density at radius 1 is 0.935 bits per heavy atom. The summed E-state index contributed by atoms with van der Waals surface area (Å²) in [6, 6.07) is 10.6. The van der Waals surface area contributed by atoms with E-state index in [1.807, 2.05) is 6.92 Å². The summed E-state index contributed by atoms with van der Waals surface area (Å²) in [7, 11) is 6.21. The number of nitrogens with zero attached hydrogens (tertiary/aromatic N) is 1. The van der Waals surface area contributed by atoms with Gasteiger partial charge in [0, 0.05) is 11.3 Å². The molecule has 0 bridgehead atoms. The number of carbonyl (C=O) groups excluding carboxylic acids is 1. The molecule has 31 heavy (non-hydrogen) atoms. The van der Waals surface area contributed by atoms with Crippen LogP contribution < -0.4 is 29.0 Å². The van der Waals surface area contributed by atoms with Crippen LogP contribution in [0, 0.1) is 6.92 Å². The molecule has 0 aliphatic carbocycles. The van der Waals surface area contributed by atoms with E-state index in [1.54, 1.807) is 57.7 Å². The molecule has 1 aromatic heterocycles. The lowest BCUT2D eigenvalue weighted by molar-refractivity contribution is -0.118. The van der Waals surface area contributed by atoms with Crippen LogP contribution in [-0.4, -0.2) is 51.2 Å². The van der Waals surface area contributed by atoms with Crippen LogP contribution >= 0.6 is 0 Å². The van der Waals surface area contributed by atoms with Crippen molar-refractivity contribution in [2.24, 2.45) is 0 Å². The maximum Gasteiger partial charge on any atom is 0.263 e. The summed E-state index contributed by atoms with van der Waals surface area (Å²) in [5, 5.41) is 9.90. The highest BCUT2D eigenvalue weighted by atomic mass is 16.5. The van der Waals surface area contributed by atoms with Gasteiger partial charge in [0.05, 0.1) is 28.4 Å². The molecule has 0 spiro atoms. The summed E-state index contributed by atoms with van der Waals surface area (Å²) >= 11 is 0. The maximum absolute atomic E-state index is 12.5. The van der Waals surface area contributed by atoms with Crippen LogP contribution in [0.5, 0.6) is 28.7 Å². The summed E-state index contributed by atoms with van der Waals surface area (Å²) in [6.07, 6.45) is 0. The molecule has 3 rings (SSSR count). The molecule has 0 radical (unpaired) electrons. The molecule has 1 heterocycles. The molecule has 3 aromatic rings. The van der Waals surface area contributed by atoms with Gasteiger partial charge in [0.25, 0.3) is 5.91 Å². The zero-order valence-electron chi connectivity index (χ0n) is 18.1. The van der Waals surface area contributed by atoms with Gasteiger partial charge < -0.3 is 29.0 Å². The Balaban J connectivity index is 1.80. The first-order valence-electron chi connectivity index (χ1n) is 9.42. The van der Waals surface area contributed by atoms with E-state index in [-0.39, 0.29) is 12.5 Å². The highest BCUT2D eigenvalue weighted by Crippen LogP contribution is 2.43. The number of aromatic nitrogens is 2. The van der Waals surface area contributed by atoms with E-state index >= 15 is 0 Å². The zero-order chi connectivity index (χ0) is 22.4. The summed E-state index contributed by atoms with van der Waals surface area (Å²) in [5.41, 5.74) is 2.21. The van der Waals surface area contributed by atoms with Crippen LogP contribution in [0.3, 0.4) is 0 Å². The number of amides is 1. The predicted molar refractivity (Wildman–Crippen MR) is 116 cm³/mol. The Bertz CT molecular complexity index is 1020. The number of carbonyl (C=O) groups is 1. The Hall–Kier alpha value is -3.88. The number of nitrogens with one attached hydrogen (secondary N) is 2. The molecule has 0 saturated heterocycles. The van der Waals surface area contributed by atoms with Crippen molar-refractivity contribution in [1.82, 2.24) is 10.2 Å². The van der Waals surface area contributed by atoms with Gasteiger partial charge in [-0.1, -0.05) is 0 Å². The number of aromatic amines is 1. The molecule has 0 saturated carbocycles. The number of anilines is 1. The minimum Gasteiger partial charge on any atom is -0.497 e. The van der Waals surface area contributed by atoms with Crippen LogP contribution in [0.4, 0.5) is 5.82 Å². The lowest BCUT2D eigenvalue weighted by atomic mass is 10.0. The number of rotatable bonds is 9. The molecule has 0 aliphatic heterocycles. The van der Waals surface area contributed by atoms with E-state index in [1.165, 1.54) is 7.11 Å². The first-order valence-corrected chi connectivity index (χ1v) is 9.42. The molecule has 0 unspecified atom stereocenters. The average molecular weight is 427 g/mol. The highest BCUT2D eigenvalue weighted by Gasteiger charge is 2.20. The Labute approximate surface area is 180 Å². The van der Waals surface area contributed by atoms with Crippen LogP contribution in [0.15, 0.2) is 36.4 Å². The first-order chi connectivity index (χ1) is 15.0. The van der Waals surface area contributed by atoms with Gasteiger partial charge in [-0.25, -0.2) is 0 Å². The first kappa shape index (κ1) is 21.8. The van der Waals surface area contributed by atoms with E-state index in [0.717, 1.165) is 11.3 Å². The van der Waals surface area contributed by atoms with E-state index in [4.69, 9.17) is 23.7 Å². The number of ether oxygens (including phenoxy) is 5. The summed E-state index contributed by atoms with van der Waals surface area (Å²) in [4.78, 5) is 12.5. The third-order valence-corrected chi connectivity index (χ3v) is 4.59. The largest absolute Gasteiger partial charge is 0.497 e. The summed E-state index contributed by atoms with van der Waals surface area (Å²) in [5.74, 6) is 2.76. The fourth-order valence-electron chi connectivity index (χ4n) is 3.09. The second kappa shape index (κ2) is 9.75. The fourth-order valence-corrected chi connectivity index (χ4v) is 3.09. The van der Waals surface area contributed by atoms with Gasteiger partial charge >= 0.3 is 0 Å². The molecular formula is C22H25N3O6. The molecule has 0 fully saturated rings. The SMILES string of the molecule is COc1ccc(OCC(=O)Nc2n[nH]c(C)c2-c2cc(OC)c(OC)c(OC)c2)cc1. The smallest absolute Gasteiger partial charge is 0.263 e. The van der Waals surface area contributed by atoms with E-state index in [0.29, 0.717) is 40.1 Å². The van der Waals surface area contributed by atoms with Gasteiger partial charge in [-0.3, -0.25) is 9.89 Å². The number of methoxy groups -OCH3 is 4. The standard InChI is InChI=1S/C22H25N3O6/c1-13-20(14-10-17(28-3)21(30-5)18(11-14)29-4)22(25-24-13)23-19(26)12-31-16-8-6-15(27-2)7-9-16/h6-11H,12H2,1-5H3,(H2,23,24,25,26). The average Bonchev–Trinajstić information content (AvgIpc) is 3.16. The van der Waals surface area contributed by atoms with Gasteiger partial charge in [0.15, 0.2) is 23.9 Å².